The molecule has 0 aromatic heterocycles. The third-order valence-corrected chi connectivity index (χ3v) is 17.6. The van der Waals surface area contributed by atoms with Gasteiger partial charge in [0, 0.05) is 72.5 Å². The molecule has 0 radical (unpaired) electrons. The van der Waals surface area contributed by atoms with E-state index in [-0.39, 0.29) is 46.8 Å². The molecule has 12 nitrogen and oxygen atoms in total. The van der Waals surface area contributed by atoms with Crippen LogP contribution in [0.2, 0.25) is 10.0 Å². The lowest BCUT2D eigenvalue weighted by molar-refractivity contribution is -0.138. The fraction of sp³-hybridized carbons (Fsp3) is 0.321. The normalized spacial score (nSPS) is 15.3. The summed E-state index contributed by atoms with van der Waals surface area (Å²) in [5.41, 5.74) is 2.23. The highest BCUT2D eigenvalue weighted by molar-refractivity contribution is 7.89. The molecule has 4 N–H and O–H groups in total. The first-order valence-corrected chi connectivity index (χ1v) is 28.7. The van der Waals surface area contributed by atoms with Crippen LogP contribution < -0.4 is 21.3 Å². The van der Waals surface area contributed by atoms with Gasteiger partial charge in [0.15, 0.2) is 0 Å². The van der Waals surface area contributed by atoms with Crippen LogP contribution in [-0.2, 0) is 58.3 Å². The fourth-order valence-electron chi connectivity index (χ4n) is 8.91. The van der Waals surface area contributed by atoms with E-state index in [1.807, 2.05) is 0 Å². The van der Waals surface area contributed by atoms with Crippen LogP contribution in [-0.4, -0.2) is 88.6 Å². The van der Waals surface area contributed by atoms with Gasteiger partial charge < -0.3 is 21.3 Å². The minimum Gasteiger partial charge on any atom is -0.348 e. The summed E-state index contributed by atoms with van der Waals surface area (Å²) in [6.45, 7) is 2.80. The van der Waals surface area contributed by atoms with Gasteiger partial charge in [-0.1, -0.05) is 83.9 Å². The third-order valence-electron chi connectivity index (χ3n) is 13.3. The lowest BCUT2D eigenvalue weighted by atomic mass is 10.1. The summed E-state index contributed by atoms with van der Waals surface area (Å²) >= 11 is 11.7. The van der Waals surface area contributed by atoms with Crippen LogP contribution in [0.5, 0.6) is 0 Å². The van der Waals surface area contributed by atoms with E-state index in [9.17, 15) is 52.8 Å². The zero-order valence-corrected chi connectivity index (χ0v) is 45.2. The van der Waals surface area contributed by atoms with Gasteiger partial charge in [-0.2, -0.15) is 35.0 Å². The average molecular weight is 1160 g/mol. The average Bonchev–Trinajstić information content (AvgIpc) is 3.46. The Kier molecular flexibility index (Phi) is 20.6. The minimum atomic E-state index is -4.37. The molecule has 2 amide bonds. The molecule has 2 saturated heterocycles. The number of carbonyl (C=O) groups excluding carboxylic acids is 2. The Labute approximate surface area is 460 Å². The number of nitrogens with one attached hydrogen (secondary N) is 4. The van der Waals surface area contributed by atoms with Gasteiger partial charge in [-0.15, -0.1) is 0 Å². The molecule has 2 heterocycles. The number of rotatable bonds is 18. The number of nitrogens with zero attached hydrogens (tertiary/aromatic N) is 2. The Morgan fingerprint density at radius 2 is 0.859 bits per heavy atom. The number of carbonyl (C=O) groups is 2. The van der Waals surface area contributed by atoms with E-state index >= 15 is 0 Å². The third kappa shape index (κ3) is 17.1. The lowest BCUT2D eigenvalue weighted by Gasteiger charge is -2.32. The van der Waals surface area contributed by atoms with Gasteiger partial charge in [-0.25, -0.2) is 16.8 Å². The van der Waals surface area contributed by atoms with E-state index in [1.165, 1.54) is 20.7 Å². The summed E-state index contributed by atoms with van der Waals surface area (Å²) in [6, 6.07) is 36.7. The number of piperidine rings is 2. The number of hydrogen-bond donors (Lipinski definition) is 4. The van der Waals surface area contributed by atoms with Crippen molar-refractivity contribution in [2.45, 2.75) is 85.8 Å². The molecule has 0 unspecified atom stereocenters. The molecular formula is C56H58Cl2F6N6O6S2. The molecule has 2 fully saturated rings. The highest BCUT2D eigenvalue weighted by atomic mass is 35.5. The number of amides is 2. The van der Waals surface area contributed by atoms with E-state index in [1.54, 1.807) is 109 Å². The van der Waals surface area contributed by atoms with E-state index in [0.717, 1.165) is 29.8 Å². The molecule has 416 valence electrons. The first-order valence-electron chi connectivity index (χ1n) is 25.1. The monoisotopic (exact) mass is 1160 g/mol. The van der Waals surface area contributed by atoms with E-state index in [2.05, 4.69) is 21.3 Å². The largest absolute Gasteiger partial charge is 0.416 e. The standard InChI is InChI=1S/2C28H29ClF3N3O3S/c29-24-9-7-22(8-10-24)27(36)34-19-21-4-2-6-26(18-21)39(37,38)35-15-12-25(13-16-35)33-14-11-20-3-1-5-23(17-20)28(30,31)32;29-24-8-6-22(7-9-24)27(36)34-19-21-4-10-26(11-5-21)39(37,38)35-16-13-25(14-17-35)33-15-12-20-2-1-3-23(18-20)28(30,31)32/h1-10,17-18,25,33H,11-16,19H2,(H,34,36);1-11,18,25,33H,12-17,19H2,(H,34,36). The Hall–Kier alpha value is -5.84. The van der Waals surface area contributed by atoms with Gasteiger partial charge >= 0.3 is 12.4 Å². The summed E-state index contributed by atoms with van der Waals surface area (Å²) in [4.78, 5) is 25.0. The Morgan fingerprint density at radius 3 is 1.28 bits per heavy atom. The van der Waals surface area contributed by atoms with Crippen LogP contribution in [0.4, 0.5) is 26.3 Å². The van der Waals surface area contributed by atoms with Crippen LogP contribution in [0, 0.1) is 0 Å². The Morgan fingerprint density at radius 1 is 0.474 bits per heavy atom. The fourth-order valence-corrected chi connectivity index (χ4v) is 12.2. The Bertz CT molecular complexity index is 3190. The van der Waals surface area contributed by atoms with Gasteiger partial charge in [0.1, 0.15) is 0 Å². The van der Waals surface area contributed by atoms with Crippen molar-refractivity contribution in [3.8, 4) is 0 Å². The lowest BCUT2D eigenvalue weighted by Crippen LogP contribution is -2.45. The topological polar surface area (TPSA) is 157 Å². The number of halogens is 8. The molecule has 2 aliphatic rings. The summed E-state index contributed by atoms with van der Waals surface area (Å²) in [5.74, 6) is -0.544. The zero-order valence-electron chi connectivity index (χ0n) is 42.1. The predicted octanol–water partition coefficient (Wildman–Crippen LogP) is 10.5. The van der Waals surface area contributed by atoms with Gasteiger partial charge in [0.05, 0.1) is 20.9 Å². The van der Waals surface area contributed by atoms with Crippen molar-refractivity contribution in [1.82, 2.24) is 29.9 Å². The molecule has 2 aliphatic heterocycles. The summed E-state index contributed by atoms with van der Waals surface area (Å²) in [6.07, 6.45) is -5.42. The Balaban J connectivity index is 0.000000226. The number of sulfonamides is 2. The summed E-state index contributed by atoms with van der Waals surface area (Å²) in [5, 5.41) is 13.3. The quantitative estimate of drug-likeness (QED) is 0.0620. The van der Waals surface area contributed by atoms with E-state index < -0.39 is 43.5 Å². The summed E-state index contributed by atoms with van der Waals surface area (Å²) in [7, 11) is -7.38. The molecule has 8 rings (SSSR count). The SMILES string of the molecule is O=C(NCc1ccc(S(=O)(=O)N2CCC(NCCc3cccc(C(F)(F)F)c3)CC2)cc1)c1ccc(Cl)cc1.O=C(NCc1cccc(S(=O)(=O)N2CCC(NCCc3cccc(C(F)(F)F)c3)CC2)c1)c1ccc(Cl)cc1. The predicted molar refractivity (Wildman–Crippen MR) is 288 cm³/mol. The number of benzene rings is 6. The van der Waals surface area contributed by atoms with Crippen molar-refractivity contribution in [2.24, 2.45) is 0 Å². The van der Waals surface area contributed by atoms with Crippen LogP contribution in [0.1, 0.15) is 79.8 Å². The smallest absolute Gasteiger partial charge is 0.348 e. The molecule has 0 bridgehead atoms. The first-order chi connectivity index (χ1) is 37.0. The van der Waals surface area contributed by atoms with Crippen molar-refractivity contribution in [3.05, 3.63) is 200 Å². The van der Waals surface area contributed by atoms with Crippen LogP contribution in [0.25, 0.3) is 0 Å². The molecule has 0 saturated carbocycles. The van der Waals surface area contributed by atoms with Gasteiger partial charge in [0.25, 0.3) is 11.8 Å². The summed E-state index contributed by atoms with van der Waals surface area (Å²) < 4.78 is 133. The van der Waals surface area contributed by atoms with Crippen LogP contribution in [0.3, 0.4) is 0 Å². The molecule has 6 aromatic carbocycles. The van der Waals surface area contributed by atoms with Crippen molar-refractivity contribution >= 4 is 55.1 Å². The second kappa shape index (κ2) is 26.9. The first kappa shape index (κ1) is 59.8. The zero-order chi connectivity index (χ0) is 56.1. The van der Waals surface area contributed by atoms with Crippen LogP contribution >= 0.6 is 23.2 Å². The number of alkyl halides is 6. The van der Waals surface area contributed by atoms with Crippen molar-refractivity contribution < 1.29 is 52.8 Å². The maximum absolute atomic E-state index is 13.3. The minimum absolute atomic E-state index is 0.0802. The molecule has 0 aliphatic carbocycles. The van der Waals surface area contributed by atoms with Crippen molar-refractivity contribution in [3.63, 3.8) is 0 Å². The maximum atomic E-state index is 13.3. The van der Waals surface area contributed by atoms with Crippen LogP contribution in [0.15, 0.2) is 155 Å². The van der Waals surface area contributed by atoms with Gasteiger partial charge in [0.2, 0.25) is 20.0 Å². The molecular weight excluding hydrogens is 1100 g/mol. The second-order valence-corrected chi connectivity index (χ2v) is 23.6. The second-order valence-electron chi connectivity index (χ2n) is 18.8. The molecule has 0 spiro atoms. The maximum Gasteiger partial charge on any atom is 0.416 e. The molecule has 6 aromatic rings. The highest BCUT2D eigenvalue weighted by Crippen LogP contribution is 2.31. The van der Waals surface area contributed by atoms with Gasteiger partial charge in [-0.05, 0) is 159 Å². The molecule has 78 heavy (non-hydrogen) atoms. The van der Waals surface area contributed by atoms with Crippen molar-refractivity contribution in [1.29, 1.82) is 0 Å². The van der Waals surface area contributed by atoms with Crippen molar-refractivity contribution in [2.75, 3.05) is 39.3 Å². The van der Waals surface area contributed by atoms with Gasteiger partial charge in [-0.3, -0.25) is 9.59 Å². The van der Waals surface area contributed by atoms with E-state index in [0.29, 0.717) is 116 Å². The number of hydrogen-bond acceptors (Lipinski definition) is 8. The van der Waals surface area contributed by atoms with E-state index in [4.69, 9.17) is 23.2 Å². The highest BCUT2D eigenvalue weighted by Gasteiger charge is 2.33. The molecule has 0 atom stereocenters. The molecule has 22 heteroatoms.